The topological polar surface area (TPSA) is 63.8 Å². The predicted molar refractivity (Wildman–Crippen MR) is 56.9 cm³/mol. The molecule has 0 aliphatic heterocycles. The molecule has 1 aromatic heterocycles. The van der Waals surface area contributed by atoms with Crippen LogP contribution in [0.3, 0.4) is 0 Å². The van der Waals surface area contributed by atoms with Crippen LogP contribution in [0.5, 0.6) is 0 Å². The molecule has 0 saturated heterocycles. The molecule has 2 rings (SSSR count). The molecule has 0 spiro atoms. The Hall–Kier alpha value is -1.32. The third-order valence-corrected chi connectivity index (χ3v) is 2.72. The Bertz CT molecular complexity index is 331. The van der Waals surface area contributed by atoms with Gasteiger partial charge in [-0.3, -0.25) is 0 Å². The van der Waals surface area contributed by atoms with Crippen molar-refractivity contribution in [1.82, 2.24) is 9.97 Å². The highest BCUT2D eigenvalue weighted by molar-refractivity contribution is 5.40. The second-order valence-electron chi connectivity index (χ2n) is 4.42. The summed E-state index contributed by atoms with van der Waals surface area (Å²) in [6.07, 6.45) is 4.29. The number of hydrogen-bond donors (Lipinski definition) is 2. The van der Waals surface area contributed by atoms with E-state index in [1.165, 1.54) is 12.8 Å². The first-order valence-electron chi connectivity index (χ1n) is 4.94. The number of rotatable bonds is 3. The van der Waals surface area contributed by atoms with Gasteiger partial charge in [-0.25, -0.2) is 4.98 Å². The van der Waals surface area contributed by atoms with Crippen LogP contribution < -0.4 is 11.1 Å². The number of aromatic nitrogens is 2. The highest BCUT2D eigenvalue weighted by Gasteiger charge is 2.37. The maximum atomic E-state index is 5.51. The molecular weight excluding hydrogens is 176 g/mol. The summed E-state index contributed by atoms with van der Waals surface area (Å²) in [6, 6.07) is 1.85. The van der Waals surface area contributed by atoms with Gasteiger partial charge in [0.15, 0.2) is 0 Å². The van der Waals surface area contributed by atoms with Crippen LogP contribution in [0.1, 0.15) is 26.7 Å². The van der Waals surface area contributed by atoms with Gasteiger partial charge in [0.05, 0.1) is 0 Å². The lowest BCUT2D eigenvalue weighted by Crippen LogP contribution is -2.33. The van der Waals surface area contributed by atoms with Crippen molar-refractivity contribution >= 4 is 11.8 Å². The zero-order valence-corrected chi connectivity index (χ0v) is 8.62. The molecular formula is C10H16N4. The van der Waals surface area contributed by atoms with E-state index in [1.807, 2.05) is 6.07 Å². The van der Waals surface area contributed by atoms with Gasteiger partial charge in [-0.05, 0) is 38.7 Å². The Balaban J connectivity index is 2.09. The minimum Gasteiger partial charge on any atom is -0.368 e. The fraction of sp³-hybridized carbons (Fsp3) is 0.600. The zero-order chi connectivity index (χ0) is 10.2. The van der Waals surface area contributed by atoms with Gasteiger partial charge in [-0.2, -0.15) is 4.98 Å². The molecule has 4 heteroatoms. The largest absolute Gasteiger partial charge is 0.368 e. The Labute approximate surface area is 83.9 Å². The van der Waals surface area contributed by atoms with Crippen LogP contribution in [0, 0.1) is 5.92 Å². The maximum absolute atomic E-state index is 5.51. The predicted octanol–water partition coefficient (Wildman–Crippen LogP) is 1.66. The van der Waals surface area contributed by atoms with Gasteiger partial charge < -0.3 is 11.1 Å². The van der Waals surface area contributed by atoms with Crippen LogP contribution >= 0.6 is 0 Å². The quantitative estimate of drug-likeness (QED) is 0.764. The first kappa shape index (κ1) is 9.24. The van der Waals surface area contributed by atoms with Crippen LogP contribution in [-0.2, 0) is 0 Å². The smallest absolute Gasteiger partial charge is 0.221 e. The normalized spacial score (nSPS) is 16.7. The van der Waals surface area contributed by atoms with Crippen molar-refractivity contribution in [3.63, 3.8) is 0 Å². The fourth-order valence-electron chi connectivity index (χ4n) is 1.68. The van der Waals surface area contributed by atoms with E-state index in [9.17, 15) is 0 Å². The summed E-state index contributed by atoms with van der Waals surface area (Å²) in [7, 11) is 0. The minimum absolute atomic E-state index is 0.112. The number of nitrogens with one attached hydrogen (secondary N) is 1. The van der Waals surface area contributed by atoms with Crippen molar-refractivity contribution in [2.75, 3.05) is 11.1 Å². The summed E-state index contributed by atoms with van der Waals surface area (Å²) in [4.78, 5) is 7.98. The second-order valence-corrected chi connectivity index (χ2v) is 4.42. The maximum Gasteiger partial charge on any atom is 0.221 e. The van der Waals surface area contributed by atoms with Gasteiger partial charge in [-0.15, -0.1) is 0 Å². The lowest BCUT2D eigenvalue weighted by atomic mass is 9.99. The van der Waals surface area contributed by atoms with Crippen LogP contribution in [0.2, 0.25) is 0 Å². The number of nitrogens with zero attached hydrogens (tertiary/aromatic N) is 2. The Morgan fingerprint density at radius 2 is 2.21 bits per heavy atom. The number of nitrogen functional groups attached to an aromatic ring is 1. The van der Waals surface area contributed by atoms with Crippen LogP contribution in [0.15, 0.2) is 12.3 Å². The summed E-state index contributed by atoms with van der Waals surface area (Å²) in [5.41, 5.74) is 5.62. The number of anilines is 2. The van der Waals surface area contributed by atoms with Gasteiger partial charge in [0.25, 0.3) is 0 Å². The first-order valence-corrected chi connectivity index (χ1v) is 4.94. The molecule has 1 aliphatic rings. The van der Waals surface area contributed by atoms with E-state index < -0.39 is 0 Å². The van der Waals surface area contributed by atoms with E-state index in [-0.39, 0.29) is 5.54 Å². The summed E-state index contributed by atoms with van der Waals surface area (Å²) < 4.78 is 0. The SMILES string of the molecule is CC(C)(Nc1ccnc(N)n1)C1CC1. The molecule has 1 heterocycles. The molecule has 1 fully saturated rings. The molecule has 0 amide bonds. The van der Waals surface area contributed by atoms with Gasteiger partial charge in [0.2, 0.25) is 5.95 Å². The summed E-state index contributed by atoms with van der Waals surface area (Å²) >= 11 is 0. The molecule has 1 saturated carbocycles. The third-order valence-electron chi connectivity index (χ3n) is 2.72. The summed E-state index contributed by atoms with van der Waals surface area (Å²) in [5.74, 6) is 1.90. The fourth-order valence-corrected chi connectivity index (χ4v) is 1.68. The Morgan fingerprint density at radius 1 is 1.50 bits per heavy atom. The van der Waals surface area contributed by atoms with Gasteiger partial charge in [0, 0.05) is 11.7 Å². The minimum atomic E-state index is 0.112. The molecule has 0 bridgehead atoms. The first-order chi connectivity index (χ1) is 6.58. The van der Waals surface area contributed by atoms with Gasteiger partial charge in [-0.1, -0.05) is 0 Å². The van der Waals surface area contributed by atoms with Crippen LogP contribution in [0.25, 0.3) is 0 Å². The number of hydrogen-bond acceptors (Lipinski definition) is 4. The highest BCUT2D eigenvalue weighted by Crippen LogP contribution is 2.40. The zero-order valence-electron chi connectivity index (χ0n) is 8.62. The standard InChI is InChI=1S/C10H16N4/c1-10(2,7-3-4-7)14-8-5-6-12-9(11)13-8/h5-7H,3-4H2,1-2H3,(H3,11,12,13,14). The average molecular weight is 192 g/mol. The van der Waals surface area contributed by atoms with Gasteiger partial charge >= 0.3 is 0 Å². The molecule has 14 heavy (non-hydrogen) atoms. The molecule has 0 unspecified atom stereocenters. The second kappa shape index (κ2) is 3.12. The Morgan fingerprint density at radius 3 is 2.79 bits per heavy atom. The molecule has 1 aliphatic carbocycles. The molecule has 3 N–H and O–H groups in total. The molecule has 0 atom stereocenters. The van der Waals surface area contributed by atoms with Crippen molar-refractivity contribution in [3.8, 4) is 0 Å². The monoisotopic (exact) mass is 192 g/mol. The molecule has 76 valence electrons. The third kappa shape index (κ3) is 1.95. The average Bonchev–Trinajstić information content (AvgIpc) is 2.84. The van der Waals surface area contributed by atoms with Crippen molar-refractivity contribution < 1.29 is 0 Å². The number of nitrogens with two attached hydrogens (primary N) is 1. The van der Waals surface area contributed by atoms with Crippen LogP contribution in [0.4, 0.5) is 11.8 Å². The van der Waals surface area contributed by atoms with E-state index >= 15 is 0 Å². The van der Waals surface area contributed by atoms with E-state index in [0.29, 0.717) is 5.95 Å². The van der Waals surface area contributed by atoms with Gasteiger partial charge in [0.1, 0.15) is 5.82 Å². The molecule has 0 aromatic carbocycles. The summed E-state index contributed by atoms with van der Waals surface area (Å²) in [6.45, 7) is 4.39. The Kier molecular flexibility index (Phi) is 2.06. The van der Waals surface area contributed by atoms with Crippen LogP contribution in [-0.4, -0.2) is 15.5 Å². The lowest BCUT2D eigenvalue weighted by molar-refractivity contribution is 0.492. The van der Waals surface area contributed by atoms with Crippen molar-refractivity contribution in [3.05, 3.63) is 12.3 Å². The highest BCUT2D eigenvalue weighted by atomic mass is 15.1. The van der Waals surface area contributed by atoms with Crippen molar-refractivity contribution in [1.29, 1.82) is 0 Å². The van der Waals surface area contributed by atoms with E-state index in [4.69, 9.17) is 5.73 Å². The molecule has 0 radical (unpaired) electrons. The molecule has 1 aromatic rings. The summed E-state index contributed by atoms with van der Waals surface area (Å²) in [5, 5.41) is 3.39. The van der Waals surface area contributed by atoms with Crippen molar-refractivity contribution in [2.45, 2.75) is 32.2 Å². The van der Waals surface area contributed by atoms with E-state index in [2.05, 4.69) is 29.1 Å². The van der Waals surface area contributed by atoms with E-state index in [0.717, 1.165) is 11.7 Å². The lowest BCUT2D eigenvalue weighted by Gasteiger charge is -2.26. The molecule has 4 nitrogen and oxygen atoms in total. The van der Waals surface area contributed by atoms with Crippen molar-refractivity contribution in [2.24, 2.45) is 5.92 Å². The van der Waals surface area contributed by atoms with E-state index in [1.54, 1.807) is 6.20 Å².